The van der Waals surface area contributed by atoms with Crippen LogP contribution in [0, 0.1) is 17.4 Å². The van der Waals surface area contributed by atoms with Crippen molar-refractivity contribution in [2.75, 3.05) is 20.2 Å². The molecule has 41 heavy (non-hydrogen) atoms. The molecule has 0 N–H and O–H groups in total. The number of benzene rings is 2. The van der Waals surface area contributed by atoms with Gasteiger partial charge in [-0.05, 0) is 105 Å². The van der Waals surface area contributed by atoms with E-state index in [2.05, 4.69) is 71.3 Å². The number of aryl methyl sites for hydroxylation is 1. The van der Waals surface area contributed by atoms with E-state index in [9.17, 15) is 9.59 Å². The molecule has 5 rings (SSSR count). The zero-order valence-electron chi connectivity index (χ0n) is 24.1. The minimum atomic E-state index is -0.656. The Bertz CT molecular complexity index is 1840. The first-order chi connectivity index (χ1) is 19.7. The van der Waals surface area contributed by atoms with Crippen LogP contribution in [0.5, 0.6) is 5.75 Å². The first kappa shape index (κ1) is 29.1. The molecule has 1 atom stereocenters. The van der Waals surface area contributed by atoms with Crippen molar-refractivity contribution in [1.82, 2.24) is 14.0 Å². The molecule has 3 heterocycles. The molecule has 0 radical (unpaired) electrons. The Morgan fingerprint density at radius 1 is 1.10 bits per heavy atom. The van der Waals surface area contributed by atoms with Gasteiger partial charge in [0.05, 0.1) is 22.9 Å². The lowest BCUT2D eigenvalue weighted by Gasteiger charge is -2.29. The standard InChI is InChI=1S/C32H33IN4O3S/c1-7-35(8-2)31(39)28-20(4)34-32-37(29(28)25-11-9-10-12-26(25)40-6)30(38)27(41-32)18-22-17-19(3)36(21(22)5)24-15-13-23(33)14-16-24/h9-18,29H,7-8H2,1-6H3/b27-18+/t29-/m0/s1. The van der Waals surface area contributed by atoms with Crippen molar-refractivity contribution in [3.8, 4) is 11.4 Å². The number of fused-ring (bicyclic) bond motifs is 1. The number of methoxy groups -OCH3 is 1. The minimum Gasteiger partial charge on any atom is -0.496 e. The Kier molecular flexibility index (Phi) is 8.37. The molecule has 2 aromatic carbocycles. The summed E-state index contributed by atoms with van der Waals surface area (Å²) < 4.78 is 11.3. The molecule has 1 amide bonds. The molecule has 1 aliphatic rings. The summed E-state index contributed by atoms with van der Waals surface area (Å²) in [7, 11) is 1.61. The summed E-state index contributed by atoms with van der Waals surface area (Å²) in [6.07, 6.45) is 1.94. The molecule has 0 unspecified atom stereocenters. The molecule has 9 heteroatoms. The third-order valence-electron chi connectivity index (χ3n) is 7.58. The van der Waals surface area contributed by atoms with Gasteiger partial charge in [-0.2, -0.15) is 0 Å². The Morgan fingerprint density at radius 2 is 1.78 bits per heavy atom. The van der Waals surface area contributed by atoms with E-state index < -0.39 is 6.04 Å². The quantitative estimate of drug-likeness (QED) is 0.255. The normalized spacial score (nSPS) is 15.1. The highest BCUT2D eigenvalue weighted by Gasteiger charge is 2.35. The van der Waals surface area contributed by atoms with E-state index in [1.807, 2.05) is 51.1 Å². The van der Waals surface area contributed by atoms with Gasteiger partial charge < -0.3 is 14.2 Å². The predicted molar refractivity (Wildman–Crippen MR) is 173 cm³/mol. The molecule has 1 aliphatic heterocycles. The van der Waals surface area contributed by atoms with E-state index in [1.54, 1.807) is 16.6 Å². The summed E-state index contributed by atoms with van der Waals surface area (Å²) in [5, 5.41) is 0. The molecule has 0 spiro atoms. The monoisotopic (exact) mass is 680 g/mol. The molecule has 0 bridgehead atoms. The van der Waals surface area contributed by atoms with Gasteiger partial charge in [-0.3, -0.25) is 14.2 Å². The van der Waals surface area contributed by atoms with Crippen LogP contribution in [0.3, 0.4) is 0 Å². The second-order valence-electron chi connectivity index (χ2n) is 9.94. The maximum atomic E-state index is 14.2. The van der Waals surface area contributed by atoms with Gasteiger partial charge in [0.15, 0.2) is 4.80 Å². The number of carbonyl (C=O) groups excluding carboxylic acids is 1. The third kappa shape index (κ3) is 5.21. The van der Waals surface area contributed by atoms with Crippen molar-refractivity contribution in [3.05, 3.63) is 112 Å². The minimum absolute atomic E-state index is 0.123. The van der Waals surface area contributed by atoms with Crippen LogP contribution < -0.4 is 19.6 Å². The number of thiazole rings is 1. The number of likely N-dealkylation sites (N-methyl/N-ethyl adjacent to an activating group) is 1. The fourth-order valence-electron chi connectivity index (χ4n) is 5.53. The second-order valence-corrected chi connectivity index (χ2v) is 12.2. The van der Waals surface area contributed by atoms with Crippen molar-refractivity contribution in [1.29, 1.82) is 0 Å². The molecule has 0 saturated heterocycles. The van der Waals surface area contributed by atoms with Crippen LogP contribution in [0.2, 0.25) is 0 Å². The first-order valence-electron chi connectivity index (χ1n) is 13.6. The van der Waals surface area contributed by atoms with Gasteiger partial charge in [0.2, 0.25) is 0 Å². The highest BCUT2D eigenvalue weighted by Crippen LogP contribution is 2.36. The molecular formula is C32H33IN4O3S. The summed E-state index contributed by atoms with van der Waals surface area (Å²) in [5.41, 5.74) is 5.85. The van der Waals surface area contributed by atoms with Gasteiger partial charge in [0.25, 0.3) is 11.5 Å². The highest BCUT2D eigenvalue weighted by molar-refractivity contribution is 14.1. The molecular weight excluding hydrogens is 647 g/mol. The van der Waals surface area contributed by atoms with Crippen molar-refractivity contribution in [2.45, 2.75) is 40.7 Å². The number of nitrogens with zero attached hydrogens (tertiary/aromatic N) is 4. The molecule has 2 aromatic heterocycles. The average Bonchev–Trinajstić information content (AvgIpc) is 3.42. The van der Waals surface area contributed by atoms with E-state index in [1.165, 1.54) is 14.9 Å². The lowest BCUT2D eigenvalue weighted by molar-refractivity contribution is -0.127. The number of aromatic nitrogens is 2. The molecule has 212 valence electrons. The molecule has 0 fully saturated rings. The maximum absolute atomic E-state index is 14.2. The summed E-state index contributed by atoms with van der Waals surface area (Å²) >= 11 is 3.65. The average molecular weight is 681 g/mol. The number of carbonyl (C=O) groups is 1. The van der Waals surface area contributed by atoms with Crippen molar-refractivity contribution in [3.63, 3.8) is 0 Å². The highest BCUT2D eigenvalue weighted by atomic mass is 127. The smallest absolute Gasteiger partial charge is 0.271 e. The van der Waals surface area contributed by atoms with Gasteiger partial charge in [-0.25, -0.2) is 4.99 Å². The number of ether oxygens (including phenoxy) is 1. The molecule has 0 aliphatic carbocycles. The Labute approximate surface area is 257 Å². The van der Waals surface area contributed by atoms with Gasteiger partial charge in [0, 0.05) is 39.3 Å². The molecule has 4 aromatic rings. The summed E-state index contributed by atoms with van der Waals surface area (Å²) in [4.78, 5) is 35.2. The summed E-state index contributed by atoms with van der Waals surface area (Å²) in [5.74, 6) is 0.496. The van der Waals surface area contributed by atoms with Crippen LogP contribution in [0.15, 0.2) is 75.7 Å². The number of hydrogen-bond donors (Lipinski definition) is 0. The number of hydrogen-bond acceptors (Lipinski definition) is 5. The number of para-hydroxylation sites is 1. The zero-order valence-corrected chi connectivity index (χ0v) is 27.0. The van der Waals surface area contributed by atoms with E-state index >= 15 is 0 Å². The lowest BCUT2D eigenvalue weighted by atomic mass is 9.94. The number of rotatable bonds is 7. The van der Waals surface area contributed by atoms with E-state index in [-0.39, 0.29) is 11.5 Å². The number of amides is 1. The SMILES string of the molecule is CCN(CC)C(=O)C1=C(C)N=c2s/c(=C/c3cc(C)n(-c4ccc(I)cc4)c3C)c(=O)n2[C@H]1c1ccccc1OC. The Hall–Kier alpha value is -3.44. The molecule has 0 saturated carbocycles. The van der Waals surface area contributed by atoms with Crippen molar-refractivity contribution < 1.29 is 9.53 Å². The van der Waals surface area contributed by atoms with Gasteiger partial charge >= 0.3 is 0 Å². The van der Waals surface area contributed by atoms with E-state index in [4.69, 9.17) is 9.73 Å². The summed E-state index contributed by atoms with van der Waals surface area (Å²) in [6, 6.07) is 17.4. The van der Waals surface area contributed by atoms with Crippen molar-refractivity contribution in [2.24, 2.45) is 4.99 Å². The lowest BCUT2D eigenvalue weighted by Crippen LogP contribution is -2.43. The number of allylic oxidation sites excluding steroid dienone is 1. The second kappa shape index (κ2) is 11.8. The first-order valence-corrected chi connectivity index (χ1v) is 15.5. The third-order valence-corrected chi connectivity index (χ3v) is 9.28. The van der Waals surface area contributed by atoms with Crippen LogP contribution in [0.4, 0.5) is 0 Å². The van der Waals surface area contributed by atoms with Gasteiger partial charge in [-0.1, -0.05) is 29.5 Å². The van der Waals surface area contributed by atoms with Crippen LogP contribution in [-0.4, -0.2) is 40.1 Å². The van der Waals surface area contributed by atoms with Crippen LogP contribution in [-0.2, 0) is 4.79 Å². The topological polar surface area (TPSA) is 68.8 Å². The largest absolute Gasteiger partial charge is 0.496 e. The van der Waals surface area contributed by atoms with Crippen LogP contribution in [0.1, 0.15) is 49.3 Å². The maximum Gasteiger partial charge on any atom is 0.271 e. The summed E-state index contributed by atoms with van der Waals surface area (Å²) in [6.45, 7) is 11.0. The Balaban J connectivity index is 1.72. The fourth-order valence-corrected chi connectivity index (χ4v) is 6.92. The number of halogens is 1. The van der Waals surface area contributed by atoms with Crippen molar-refractivity contribution >= 4 is 45.9 Å². The Morgan fingerprint density at radius 3 is 2.44 bits per heavy atom. The molecule has 7 nitrogen and oxygen atoms in total. The van der Waals surface area contributed by atoms with E-state index in [0.29, 0.717) is 39.4 Å². The van der Waals surface area contributed by atoms with Crippen LogP contribution >= 0.6 is 33.9 Å². The fraction of sp³-hybridized carbons (Fsp3) is 0.281. The van der Waals surface area contributed by atoms with Gasteiger partial charge in [-0.15, -0.1) is 0 Å². The van der Waals surface area contributed by atoms with E-state index in [0.717, 1.165) is 28.2 Å². The van der Waals surface area contributed by atoms with Gasteiger partial charge in [0.1, 0.15) is 11.8 Å². The predicted octanol–water partition coefficient (Wildman–Crippen LogP) is 5.12. The zero-order chi connectivity index (χ0) is 29.4. The van der Waals surface area contributed by atoms with Crippen LogP contribution in [0.25, 0.3) is 11.8 Å².